The lowest BCUT2D eigenvalue weighted by Gasteiger charge is -2.51. The zero-order chi connectivity index (χ0) is 13.6. The van der Waals surface area contributed by atoms with Crippen LogP contribution in [-0.2, 0) is 4.79 Å². The molecule has 18 heavy (non-hydrogen) atoms. The van der Waals surface area contributed by atoms with Crippen molar-refractivity contribution in [1.29, 1.82) is 0 Å². The standard InChI is InChI=1S/C17H28O/c1-12(11-18)17(5)10-8-14-7-6-9-16(3,4)15(14)13(17)2/h11-13H,6-10H2,1-5H3. The van der Waals surface area contributed by atoms with Crippen molar-refractivity contribution < 1.29 is 4.79 Å². The van der Waals surface area contributed by atoms with Gasteiger partial charge in [-0.1, -0.05) is 45.8 Å². The quantitative estimate of drug-likeness (QED) is 0.508. The molecule has 2 rings (SSSR count). The number of allylic oxidation sites excluding steroid dienone is 2. The maximum atomic E-state index is 11.3. The van der Waals surface area contributed by atoms with Crippen LogP contribution in [0.5, 0.6) is 0 Å². The Morgan fingerprint density at radius 2 is 1.89 bits per heavy atom. The molecule has 0 saturated heterocycles. The lowest BCUT2D eigenvalue weighted by molar-refractivity contribution is -0.115. The van der Waals surface area contributed by atoms with Gasteiger partial charge in [-0.2, -0.15) is 0 Å². The molecule has 1 heteroatoms. The first-order valence-electron chi connectivity index (χ1n) is 7.50. The summed E-state index contributed by atoms with van der Waals surface area (Å²) in [6.07, 6.45) is 7.52. The average molecular weight is 248 g/mol. The summed E-state index contributed by atoms with van der Waals surface area (Å²) in [6, 6.07) is 0. The van der Waals surface area contributed by atoms with E-state index in [1.807, 2.05) is 0 Å². The van der Waals surface area contributed by atoms with Crippen LogP contribution in [0.25, 0.3) is 0 Å². The van der Waals surface area contributed by atoms with Crippen LogP contribution in [0.15, 0.2) is 11.1 Å². The highest BCUT2D eigenvalue weighted by atomic mass is 16.1. The van der Waals surface area contributed by atoms with Crippen LogP contribution in [0.3, 0.4) is 0 Å². The highest BCUT2D eigenvalue weighted by Gasteiger charge is 2.46. The molecule has 0 radical (unpaired) electrons. The molecule has 102 valence electrons. The molecule has 0 fully saturated rings. The van der Waals surface area contributed by atoms with Crippen molar-refractivity contribution in [3.8, 4) is 0 Å². The molecule has 0 aromatic rings. The minimum Gasteiger partial charge on any atom is -0.303 e. The first-order chi connectivity index (χ1) is 8.33. The van der Waals surface area contributed by atoms with Crippen LogP contribution in [0, 0.1) is 22.7 Å². The van der Waals surface area contributed by atoms with Crippen LogP contribution in [-0.4, -0.2) is 6.29 Å². The second-order valence-electron chi connectivity index (χ2n) is 7.41. The van der Waals surface area contributed by atoms with E-state index in [0.29, 0.717) is 11.3 Å². The van der Waals surface area contributed by atoms with Crippen molar-refractivity contribution in [3.05, 3.63) is 11.1 Å². The smallest absolute Gasteiger partial charge is 0.123 e. The summed E-state index contributed by atoms with van der Waals surface area (Å²) in [4.78, 5) is 11.3. The van der Waals surface area contributed by atoms with E-state index in [2.05, 4.69) is 34.6 Å². The van der Waals surface area contributed by atoms with E-state index in [1.165, 1.54) is 32.1 Å². The Bertz CT molecular complexity index is 377. The number of rotatable bonds is 2. The number of hydrogen-bond acceptors (Lipinski definition) is 1. The van der Waals surface area contributed by atoms with Gasteiger partial charge in [-0.3, -0.25) is 0 Å². The molecular weight excluding hydrogens is 220 g/mol. The molecule has 0 bridgehead atoms. The summed E-state index contributed by atoms with van der Waals surface area (Å²) >= 11 is 0. The Hall–Kier alpha value is -0.590. The molecule has 2 aliphatic carbocycles. The lowest BCUT2D eigenvalue weighted by atomic mass is 9.54. The average Bonchev–Trinajstić information content (AvgIpc) is 2.32. The summed E-state index contributed by atoms with van der Waals surface area (Å²) in [5.74, 6) is 0.719. The highest BCUT2D eigenvalue weighted by Crippen LogP contribution is 2.56. The largest absolute Gasteiger partial charge is 0.303 e. The van der Waals surface area contributed by atoms with Crippen molar-refractivity contribution >= 4 is 6.29 Å². The Morgan fingerprint density at radius 3 is 2.50 bits per heavy atom. The predicted octanol–water partition coefficient (Wildman–Crippen LogP) is 4.76. The van der Waals surface area contributed by atoms with Crippen molar-refractivity contribution in [2.45, 2.75) is 66.7 Å². The zero-order valence-electron chi connectivity index (χ0n) is 12.7. The molecule has 0 N–H and O–H groups in total. The molecule has 3 unspecified atom stereocenters. The summed E-state index contributed by atoms with van der Waals surface area (Å²) in [5.41, 5.74) is 3.91. The predicted molar refractivity (Wildman–Crippen MR) is 76.4 cm³/mol. The van der Waals surface area contributed by atoms with Gasteiger partial charge in [-0.25, -0.2) is 0 Å². The van der Waals surface area contributed by atoms with Gasteiger partial charge in [-0.05, 0) is 48.9 Å². The van der Waals surface area contributed by atoms with Gasteiger partial charge in [0.2, 0.25) is 0 Å². The van der Waals surface area contributed by atoms with Gasteiger partial charge >= 0.3 is 0 Å². The summed E-state index contributed by atoms with van der Waals surface area (Å²) in [6.45, 7) is 11.6. The van der Waals surface area contributed by atoms with E-state index in [1.54, 1.807) is 11.1 Å². The maximum absolute atomic E-state index is 11.3. The second-order valence-corrected chi connectivity index (χ2v) is 7.41. The molecule has 0 spiro atoms. The van der Waals surface area contributed by atoms with Gasteiger partial charge < -0.3 is 4.79 Å². The van der Waals surface area contributed by atoms with Gasteiger partial charge in [-0.15, -0.1) is 0 Å². The summed E-state index contributed by atoms with van der Waals surface area (Å²) in [7, 11) is 0. The lowest BCUT2D eigenvalue weighted by Crippen LogP contribution is -2.42. The normalized spacial score (nSPS) is 37.1. The minimum atomic E-state index is 0.162. The van der Waals surface area contributed by atoms with Crippen LogP contribution >= 0.6 is 0 Å². The van der Waals surface area contributed by atoms with Crippen molar-refractivity contribution in [2.75, 3.05) is 0 Å². The monoisotopic (exact) mass is 248 g/mol. The van der Waals surface area contributed by atoms with Crippen LogP contribution in [0.4, 0.5) is 0 Å². The molecule has 0 amide bonds. The van der Waals surface area contributed by atoms with Crippen LogP contribution in [0.1, 0.15) is 66.7 Å². The topological polar surface area (TPSA) is 17.1 Å². The first kappa shape index (κ1) is 13.8. The Kier molecular flexibility index (Phi) is 3.46. The molecule has 0 heterocycles. The van der Waals surface area contributed by atoms with Crippen molar-refractivity contribution in [3.63, 3.8) is 0 Å². The Balaban J connectivity index is 2.42. The molecule has 2 aliphatic rings. The molecule has 0 aromatic heterocycles. The van der Waals surface area contributed by atoms with E-state index in [0.717, 1.165) is 6.29 Å². The van der Waals surface area contributed by atoms with Crippen LogP contribution < -0.4 is 0 Å². The third-order valence-electron chi connectivity index (χ3n) is 6.02. The second kappa shape index (κ2) is 4.51. The number of carbonyl (C=O) groups is 1. The van der Waals surface area contributed by atoms with E-state index in [9.17, 15) is 4.79 Å². The third kappa shape index (κ3) is 1.96. The van der Waals surface area contributed by atoms with Gasteiger partial charge in [0.25, 0.3) is 0 Å². The highest BCUT2D eigenvalue weighted by molar-refractivity contribution is 5.55. The van der Waals surface area contributed by atoms with Gasteiger partial charge in [0, 0.05) is 5.92 Å². The summed E-state index contributed by atoms with van der Waals surface area (Å²) < 4.78 is 0. The molecular formula is C17H28O. The first-order valence-corrected chi connectivity index (χ1v) is 7.50. The zero-order valence-corrected chi connectivity index (χ0v) is 12.7. The van der Waals surface area contributed by atoms with Gasteiger partial charge in [0.1, 0.15) is 6.29 Å². The van der Waals surface area contributed by atoms with E-state index >= 15 is 0 Å². The van der Waals surface area contributed by atoms with E-state index in [-0.39, 0.29) is 11.3 Å². The van der Waals surface area contributed by atoms with Crippen molar-refractivity contribution in [1.82, 2.24) is 0 Å². The fraction of sp³-hybridized carbons (Fsp3) is 0.824. The number of aldehydes is 1. The van der Waals surface area contributed by atoms with E-state index < -0.39 is 0 Å². The SMILES string of the molecule is CC(C=O)C1(C)CCC2=C(C1C)C(C)(C)CCC2. The third-order valence-corrected chi connectivity index (χ3v) is 6.02. The summed E-state index contributed by atoms with van der Waals surface area (Å²) in [5, 5.41) is 0. The maximum Gasteiger partial charge on any atom is 0.123 e. The Morgan fingerprint density at radius 1 is 1.22 bits per heavy atom. The molecule has 3 atom stereocenters. The molecule has 0 aromatic carbocycles. The molecule has 1 nitrogen and oxygen atoms in total. The number of carbonyl (C=O) groups excluding carboxylic acids is 1. The number of hydrogen-bond donors (Lipinski definition) is 0. The Labute approximate surface area is 112 Å². The van der Waals surface area contributed by atoms with Crippen molar-refractivity contribution in [2.24, 2.45) is 22.7 Å². The van der Waals surface area contributed by atoms with Crippen LogP contribution in [0.2, 0.25) is 0 Å². The fourth-order valence-electron chi connectivity index (χ4n) is 4.39. The van der Waals surface area contributed by atoms with E-state index in [4.69, 9.17) is 0 Å². The minimum absolute atomic E-state index is 0.162. The van der Waals surface area contributed by atoms with Gasteiger partial charge in [0.05, 0.1) is 0 Å². The van der Waals surface area contributed by atoms with Gasteiger partial charge in [0.15, 0.2) is 0 Å². The fourth-order valence-corrected chi connectivity index (χ4v) is 4.39. The molecule has 0 aliphatic heterocycles. The molecule has 0 saturated carbocycles.